The van der Waals surface area contributed by atoms with Gasteiger partial charge in [-0.1, -0.05) is 102 Å². The van der Waals surface area contributed by atoms with Crippen LogP contribution in [0.25, 0.3) is 0 Å². The van der Waals surface area contributed by atoms with Crippen LogP contribution in [0.4, 0.5) is 0 Å². The molecule has 0 bridgehead atoms. The van der Waals surface area contributed by atoms with Crippen molar-refractivity contribution in [3.63, 3.8) is 0 Å². The summed E-state index contributed by atoms with van der Waals surface area (Å²) in [6, 6.07) is 0. The van der Waals surface area contributed by atoms with Gasteiger partial charge in [0, 0.05) is 31.2 Å². The van der Waals surface area contributed by atoms with E-state index in [4.69, 9.17) is 52.6 Å². The summed E-state index contributed by atoms with van der Waals surface area (Å²) >= 11 is 0. The first kappa shape index (κ1) is 52.3. The van der Waals surface area contributed by atoms with E-state index in [9.17, 15) is 0 Å². The molecule has 13 nitrogen and oxygen atoms in total. The molecule has 0 atom stereocenters. The maximum atomic E-state index is 8.52. The van der Waals surface area contributed by atoms with Crippen LogP contribution in [0.3, 0.4) is 0 Å². The predicted octanol–water partition coefficient (Wildman–Crippen LogP) is 0.996. The molecule has 0 aliphatic heterocycles. The van der Waals surface area contributed by atoms with E-state index in [1.165, 1.54) is 70.6 Å². The van der Waals surface area contributed by atoms with Gasteiger partial charge >= 0.3 is 34.7 Å². The molecular formula is C18H34Al2O13S3. The van der Waals surface area contributed by atoms with Crippen LogP contribution in [0.2, 0.25) is 0 Å². The summed E-state index contributed by atoms with van der Waals surface area (Å²) in [5.41, 5.74) is 0. The molecule has 0 rings (SSSR count). The number of unbranched alkanes of at least 4 members (excludes halogenated alkanes) is 10. The molecule has 0 spiro atoms. The molecule has 36 heavy (non-hydrogen) atoms. The molecular weight excluding hydrogens is 574 g/mol. The van der Waals surface area contributed by atoms with Gasteiger partial charge in [-0.05, 0) is 12.8 Å². The van der Waals surface area contributed by atoms with Crippen LogP contribution in [0.5, 0.6) is 0 Å². The molecule has 2 N–H and O–H groups in total. The Morgan fingerprint density at radius 1 is 0.556 bits per heavy atom. The van der Waals surface area contributed by atoms with E-state index < -0.39 is 31.2 Å². The minimum absolute atomic E-state index is 0. The Morgan fingerprint density at radius 2 is 0.833 bits per heavy atom. The van der Waals surface area contributed by atoms with E-state index in [1.807, 2.05) is 18.2 Å². The second-order valence-corrected chi connectivity index (χ2v) is 8.69. The van der Waals surface area contributed by atoms with E-state index in [2.05, 4.69) is 25.7 Å². The first-order valence-corrected chi connectivity index (χ1v) is 13.9. The van der Waals surface area contributed by atoms with Gasteiger partial charge in [-0.2, -0.15) is 0 Å². The van der Waals surface area contributed by atoms with Crippen molar-refractivity contribution in [1.82, 2.24) is 0 Å². The Morgan fingerprint density at radius 3 is 1.11 bits per heavy atom. The molecule has 0 amide bonds. The molecule has 0 aromatic rings. The van der Waals surface area contributed by atoms with Crippen molar-refractivity contribution in [2.24, 2.45) is 0 Å². The Labute approximate surface area is 237 Å². The van der Waals surface area contributed by atoms with Gasteiger partial charge in [0.1, 0.15) is 0 Å². The van der Waals surface area contributed by atoms with Gasteiger partial charge < -0.3 is 32.8 Å². The number of hydrogen-bond donors (Lipinski definition) is 0. The summed E-state index contributed by atoms with van der Waals surface area (Å²) in [5.74, 6) is 0. The summed E-state index contributed by atoms with van der Waals surface area (Å²) in [5, 5.41) is 0. The van der Waals surface area contributed by atoms with Gasteiger partial charge in [0.05, 0.1) is 0 Å². The third kappa shape index (κ3) is 166. The standard InChI is InChI=1S/C18H32.2Al.3H2O4S.H2O/c1-3-5-7-9-11-13-15-17-18-16-14-12-10-8-6-4-2;;;3*1-5(2,3)4;/h3,5,7,9,11H,1,4,6,8,10,12-18H2,2H3;;;3*(H2,1,2,3,4);1H2/q;2*+3;;;;/p-6. The van der Waals surface area contributed by atoms with Crippen LogP contribution in [0.15, 0.2) is 37.0 Å². The molecule has 0 radical (unpaired) electrons. The zero-order valence-corrected chi connectivity index (χ0v) is 24.9. The Bertz CT molecular complexity index is 716. The summed E-state index contributed by atoms with van der Waals surface area (Å²) < 4.78 is 102. The summed E-state index contributed by atoms with van der Waals surface area (Å²) in [7, 11) is -15.5. The van der Waals surface area contributed by atoms with Gasteiger partial charge in [0.25, 0.3) is 0 Å². The fourth-order valence-corrected chi connectivity index (χ4v) is 2.07. The minimum atomic E-state index is -5.17. The van der Waals surface area contributed by atoms with Crippen molar-refractivity contribution in [3.05, 3.63) is 37.0 Å². The summed E-state index contributed by atoms with van der Waals surface area (Å²) in [4.78, 5) is 0. The maximum absolute atomic E-state index is 8.52. The van der Waals surface area contributed by atoms with Crippen LogP contribution in [-0.4, -0.2) is 92.8 Å². The minimum Gasteiger partial charge on any atom is -0.759 e. The van der Waals surface area contributed by atoms with Gasteiger partial charge in [-0.15, -0.1) is 0 Å². The fourth-order valence-electron chi connectivity index (χ4n) is 2.07. The van der Waals surface area contributed by atoms with Crippen molar-refractivity contribution in [2.45, 2.75) is 77.6 Å². The summed E-state index contributed by atoms with van der Waals surface area (Å²) in [6.45, 7) is 5.92. The summed E-state index contributed by atoms with van der Waals surface area (Å²) in [6.07, 6.45) is 25.6. The van der Waals surface area contributed by atoms with Crippen LogP contribution in [-0.2, 0) is 31.2 Å². The van der Waals surface area contributed by atoms with Crippen molar-refractivity contribution in [1.29, 1.82) is 0 Å². The molecule has 0 fully saturated rings. The molecule has 0 heterocycles. The SMILES string of the molecule is C=CC=CC=CCCCCCCCCCCCC.O.O=S(=O)([O-])[O-].O=S(=O)([O-])[O-].O=S(=O)([O-])[O-].[Al+3].[Al+3]. The van der Waals surface area contributed by atoms with Gasteiger partial charge in [0.2, 0.25) is 0 Å². The van der Waals surface area contributed by atoms with Gasteiger partial charge in [-0.25, -0.2) is 0 Å². The third-order valence-electron chi connectivity index (χ3n) is 3.22. The number of allylic oxidation sites excluding steroid dienone is 5. The van der Waals surface area contributed by atoms with E-state index in [-0.39, 0.29) is 40.2 Å². The molecule has 0 aliphatic rings. The van der Waals surface area contributed by atoms with Crippen LogP contribution in [0, 0.1) is 0 Å². The first-order chi connectivity index (χ1) is 14.9. The predicted molar refractivity (Wildman–Crippen MR) is 131 cm³/mol. The molecule has 0 aliphatic carbocycles. The topological polar surface area (TPSA) is 272 Å². The Kier molecular flexibility index (Phi) is 50.7. The van der Waals surface area contributed by atoms with Gasteiger partial charge in [-0.3, -0.25) is 25.3 Å². The van der Waals surface area contributed by atoms with E-state index in [0.717, 1.165) is 0 Å². The van der Waals surface area contributed by atoms with E-state index in [0.29, 0.717) is 0 Å². The second-order valence-electron chi connectivity index (χ2n) is 6.24. The van der Waals surface area contributed by atoms with Crippen LogP contribution >= 0.6 is 0 Å². The maximum Gasteiger partial charge on any atom is 3.00 e. The molecule has 0 aromatic heterocycles. The number of hydrogen-bond acceptors (Lipinski definition) is 12. The normalized spacial score (nSPS) is 10.6. The monoisotopic (exact) mass is 608 g/mol. The fraction of sp³-hybridized carbons (Fsp3) is 0.667. The molecule has 18 heteroatoms. The second kappa shape index (κ2) is 34.9. The number of rotatable bonds is 13. The van der Waals surface area contributed by atoms with Crippen molar-refractivity contribution < 1.29 is 58.0 Å². The van der Waals surface area contributed by atoms with Crippen molar-refractivity contribution in [3.8, 4) is 0 Å². The van der Waals surface area contributed by atoms with E-state index >= 15 is 0 Å². The third-order valence-corrected chi connectivity index (χ3v) is 3.22. The smallest absolute Gasteiger partial charge is 0.759 e. The zero-order chi connectivity index (χ0) is 26.8. The van der Waals surface area contributed by atoms with Gasteiger partial charge in [0.15, 0.2) is 0 Å². The molecule has 0 unspecified atom stereocenters. The quantitative estimate of drug-likeness (QED) is 0.0930. The van der Waals surface area contributed by atoms with Crippen LogP contribution < -0.4 is 0 Å². The molecule has 208 valence electrons. The molecule has 0 saturated carbocycles. The first-order valence-electron chi connectivity index (χ1n) is 9.86. The van der Waals surface area contributed by atoms with Crippen molar-refractivity contribution >= 4 is 65.9 Å². The average Bonchev–Trinajstić information content (AvgIpc) is 2.58. The van der Waals surface area contributed by atoms with Crippen molar-refractivity contribution in [2.75, 3.05) is 0 Å². The van der Waals surface area contributed by atoms with Crippen LogP contribution in [0.1, 0.15) is 77.6 Å². The largest absolute Gasteiger partial charge is 3.00 e. The Balaban J connectivity index is -0.0000000772. The molecule has 0 saturated heterocycles. The zero-order valence-electron chi connectivity index (χ0n) is 20.2. The Hall–Kier alpha value is -0.145. The molecule has 0 aromatic carbocycles. The van der Waals surface area contributed by atoms with E-state index in [1.54, 1.807) is 0 Å². The average molecular weight is 609 g/mol.